The van der Waals surface area contributed by atoms with Crippen LogP contribution in [0.1, 0.15) is 29.9 Å². The van der Waals surface area contributed by atoms with E-state index in [-0.39, 0.29) is 18.9 Å². The highest BCUT2D eigenvalue weighted by atomic mass is 32.1. The molecule has 33 heavy (non-hydrogen) atoms. The van der Waals surface area contributed by atoms with Crippen LogP contribution < -0.4 is 15.5 Å². The Labute approximate surface area is 190 Å². The second kappa shape index (κ2) is 8.09. The lowest BCUT2D eigenvalue weighted by Crippen LogP contribution is -2.36. The summed E-state index contributed by atoms with van der Waals surface area (Å²) in [5, 5.41) is 20.5. The molecular formula is C19H22F3N9OS. The van der Waals surface area contributed by atoms with Crippen LogP contribution in [0.15, 0.2) is 11.2 Å². The zero-order valence-corrected chi connectivity index (χ0v) is 18.6. The van der Waals surface area contributed by atoms with Crippen molar-refractivity contribution in [1.82, 2.24) is 24.7 Å². The van der Waals surface area contributed by atoms with Crippen molar-refractivity contribution in [3.05, 3.63) is 22.6 Å². The van der Waals surface area contributed by atoms with Crippen molar-refractivity contribution < 1.29 is 18.4 Å². The van der Waals surface area contributed by atoms with E-state index in [1.807, 2.05) is 9.80 Å². The van der Waals surface area contributed by atoms with E-state index in [2.05, 4.69) is 28.3 Å². The molecule has 5 heterocycles. The highest BCUT2D eigenvalue weighted by molar-refractivity contribution is 7.18. The van der Waals surface area contributed by atoms with Crippen LogP contribution in [0.2, 0.25) is 0 Å². The van der Waals surface area contributed by atoms with E-state index in [0.29, 0.717) is 37.1 Å². The zero-order valence-electron chi connectivity index (χ0n) is 17.7. The number of halogens is 3. The number of nitrogens with two attached hydrogens (primary N) is 1. The zero-order chi connectivity index (χ0) is 23.3. The minimum Gasteiger partial charge on any atom is -0.411 e. The predicted molar refractivity (Wildman–Crippen MR) is 117 cm³/mol. The summed E-state index contributed by atoms with van der Waals surface area (Å²) < 4.78 is 40.8. The molecule has 176 valence electrons. The number of nitrogens with zero attached hydrogens (tertiary/aromatic N) is 8. The summed E-state index contributed by atoms with van der Waals surface area (Å²) in [6.45, 7) is 3.37. The molecular weight excluding hydrogens is 459 g/mol. The van der Waals surface area contributed by atoms with Gasteiger partial charge in [0.2, 0.25) is 11.8 Å². The van der Waals surface area contributed by atoms with Crippen molar-refractivity contribution in [2.24, 2.45) is 10.9 Å². The Morgan fingerprint density at radius 1 is 1.21 bits per heavy atom. The van der Waals surface area contributed by atoms with Crippen molar-refractivity contribution in [2.45, 2.75) is 45.1 Å². The number of hydrogen-bond donors (Lipinski definition) is 2. The van der Waals surface area contributed by atoms with Crippen LogP contribution >= 0.6 is 11.3 Å². The fourth-order valence-electron chi connectivity index (χ4n) is 4.22. The molecule has 3 N–H and O–H groups in total. The summed E-state index contributed by atoms with van der Waals surface area (Å²) in [5.74, 6) is 0.344. The van der Waals surface area contributed by atoms with Crippen molar-refractivity contribution in [2.75, 3.05) is 29.4 Å². The molecule has 0 spiro atoms. The van der Waals surface area contributed by atoms with Gasteiger partial charge in [0, 0.05) is 24.5 Å². The SMILES string of the molecule is CCCc1cc2c(N3CCn4c(nnc4C(F)(F)F)C3)nc(N3CC(=NO)C(N)C3)nc2s1. The summed E-state index contributed by atoms with van der Waals surface area (Å²) >= 11 is 1.58. The van der Waals surface area contributed by atoms with Gasteiger partial charge in [0.15, 0.2) is 5.82 Å². The molecule has 0 aliphatic carbocycles. The van der Waals surface area contributed by atoms with Crippen LogP contribution in [0.5, 0.6) is 0 Å². The van der Waals surface area contributed by atoms with E-state index < -0.39 is 18.0 Å². The number of fused-ring (bicyclic) bond motifs is 2. The second-order valence-corrected chi connectivity index (χ2v) is 9.23. The smallest absolute Gasteiger partial charge is 0.411 e. The number of anilines is 2. The number of oxime groups is 1. The Balaban J connectivity index is 1.55. The third-order valence-electron chi connectivity index (χ3n) is 5.82. The van der Waals surface area contributed by atoms with Gasteiger partial charge in [0.25, 0.3) is 0 Å². The van der Waals surface area contributed by atoms with Gasteiger partial charge in [-0.3, -0.25) is 0 Å². The fraction of sp³-hybridized carbons (Fsp3) is 0.526. The van der Waals surface area contributed by atoms with Gasteiger partial charge in [0.05, 0.1) is 30.2 Å². The second-order valence-electron chi connectivity index (χ2n) is 8.12. The molecule has 3 aromatic heterocycles. The van der Waals surface area contributed by atoms with Crippen LogP contribution in [0.25, 0.3) is 10.2 Å². The lowest BCUT2D eigenvalue weighted by Gasteiger charge is -2.30. The molecule has 1 fully saturated rings. The first kappa shape index (κ1) is 21.8. The number of thiophene rings is 1. The largest absolute Gasteiger partial charge is 0.451 e. The average Bonchev–Trinajstić information content (AvgIpc) is 3.47. The quantitative estimate of drug-likeness (QED) is 0.430. The number of rotatable bonds is 4. The molecule has 0 aromatic carbocycles. The van der Waals surface area contributed by atoms with Crippen LogP contribution in [0.3, 0.4) is 0 Å². The van der Waals surface area contributed by atoms with Crippen LogP contribution in [0, 0.1) is 0 Å². The first-order valence-corrected chi connectivity index (χ1v) is 11.4. The van der Waals surface area contributed by atoms with Gasteiger partial charge in [-0.15, -0.1) is 21.5 Å². The average molecular weight is 482 g/mol. The molecule has 1 atom stereocenters. The van der Waals surface area contributed by atoms with Crippen LogP contribution in [-0.4, -0.2) is 61.3 Å². The van der Waals surface area contributed by atoms with Crippen LogP contribution in [-0.2, 0) is 25.7 Å². The Morgan fingerprint density at radius 2 is 2.03 bits per heavy atom. The molecule has 10 nitrogen and oxygen atoms in total. The minimum absolute atomic E-state index is 0.0971. The van der Waals surface area contributed by atoms with Gasteiger partial charge < -0.3 is 25.3 Å². The first-order valence-electron chi connectivity index (χ1n) is 10.5. The number of alkyl halides is 3. The summed E-state index contributed by atoms with van der Waals surface area (Å²) in [7, 11) is 0. The van der Waals surface area contributed by atoms with E-state index in [1.54, 1.807) is 11.3 Å². The molecule has 2 aliphatic rings. The molecule has 3 aromatic rings. The Kier molecular flexibility index (Phi) is 5.35. The lowest BCUT2D eigenvalue weighted by atomic mass is 10.2. The van der Waals surface area contributed by atoms with Gasteiger partial charge in [-0.1, -0.05) is 18.5 Å². The van der Waals surface area contributed by atoms with Gasteiger partial charge in [0.1, 0.15) is 10.6 Å². The topological polar surface area (TPSA) is 122 Å². The maximum Gasteiger partial charge on any atom is 0.451 e. The summed E-state index contributed by atoms with van der Waals surface area (Å²) in [6, 6.07) is 1.63. The number of aromatic nitrogens is 5. The first-order chi connectivity index (χ1) is 15.8. The Bertz CT molecular complexity index is 1220. The van der Waals surface area contributed by atoms with Crippen molar-refractivity contribution in [1.29, 1.82) is 0 Å². The van der Waals surface area contributed by atoms with E-state index in [9.17, 15) is 18.4 Å². The van der Waals surface area contributed by atoms with Gasteiger partial charge in [-0.25, -0.2) is 4.98 Å². The molecule has 0 saturated carbocycles. The lowest BCUT2D eigenvalue weighted by molar-refractivity contribution is -0.147. The van der Waals surface area contributed by atoms with Crippen LogP contribution in [0.4, 0.5) is 24.9 Å². The standard InChI is InChI=1S/C19H22F3N9OS/c1-2-3-10-6-11-15(29-4-5-31-14(9-29)26-27-17(31)19(20,21)22)24-18(25-16(11)33-10)30-7-12(23)13(8-30)28-32/h6,12,32H,2-5,7-9,23H2,1H3. The molecule has 0 amide bonds. The highest BCUT2D eigenvalue weighted by Crippen LogP contribution is 2.36. The van der Waals surface area contributed by atoms with Crippen molar-refractivity contribution in [3.63, 3.8) is 0 Å². The minimum atomic E-state index is -4.55. The summed E-state index contributed by atoms with van der Waals surface area (Å²) in [4.78, 5) is 15.2. The van der Waals surface area contributed by atoms with E-state index in [1.165, 1.54) is 0 Å². The van der Waals surface area contributed by atoms with E-state index >= 15 is 0 Å². The summed E-state index contributed by atoms with van der Waals surface area (Å²) in [6.07, 6.45) is -2.67. The third-order valence-corrected chi connectivity index (χ3v) is 6.91. The maximum atomic E-state index is 13.2. The molecule has 5 rings (SSSR count). The number of aryl methyl sites for hydroxylation is 1. The monoisotopic (exact) mass is 481 g/mol. The number of hydrogen-bond acceptors (Lipinski definition) is 10. The third kappa shape index (κ3) is 3.86. The van der Waals surface area contributed by atoms with E-state index in [0.717, 1.165) is 32.5 Å². The normalized spacial score (nSPS) is 20.3. The molecule has 0 radical (unpaired) electrons. The Hall–Kier alpha value is -3.00. The molecule has 0 bridgehead atoms. The van der Waals surface area contributed by atoms with Gasteiger partial charge in [-0.2, -0.15) is 18.2 Å². The summed E-state index contributed by atoms with van der Waals surface area (Å²) in [5.41, 5.74) is 6.49. The molecule has 1 saturated heterocycles. The molecule has 14 heteroatoms. The van der Waals surface area contributed by atoms with Crippen molar-refractivity contribution in [3.8, 4) is 0 Å². The molecule has 1 unspecified atom stereocenters. The molecule has 2 aliphatic heterocycles. The van der Waals surface area contributed by atoms with Crippen molar-refractivity contribution >= 4 is 39.0 Å². The van der Waals surface area contributed by atoms with Gasteiger partial charge >= 0.3 is 6.18 Å². The van der Waals surface area contributed by atoms with E-state index in [4.69, 9.17) is 15.7 Å². The fourth-order valence-corrected chi connectivity index (χ4v) is 5.34. The highest BCUT2D eigenvalue weighted by Gasteiger charge is 2.40. The Morgan fingerprint density at radius 3 is 2.73 bits per heavy atom. The van der Waals surface area contributed by atoms with Gasteiger partial charge in [-0.05, 0) is 12.5 Å². The predicted octanol–water partition coefficient (Wildman–Crippen LogP) is 2.25. The maximum absolute atomic E-state index is 13.2.